The number of ether oxygens (including phenoxy) is 1. The van der Waals surface area contributed by atoms with E-state index in [2.05, 4.69) is 5.32 Å². The van der Waals surface area contributed by atoms with Crippen molar-refractivity contribution >= 4 is 11.8 Å². The van der Waals surface area contributed by atoms with Crippen LogP contribution in [0, 0.1) is 0 Å². The number of hydrogen-bond donors (Lipinski definition) is 1. The Morgan fingerprint density at radius 1 is 1.30 bits per heavy atom. The Bertz CT molecular complexity index is 375. The van der Waals surface area contributed by atoms with Gasteiger partial charge in [-0.1, -0.05) is 13.8 Å². The first kappa shape index (κ1) is 17.0. The molecule has 5 heteroatoms. The van der Waals surface area contributed by atoms with Gasteiger partial charge in [-0.25, -0.2) is 0 Å². The summed E-state index contributed by atoms with van der Waals surface area (Å²) in [6.07, 6.45) is 1.96. The first-order valence-corrected chi connectivity index (χ1v) is 7.41. The predicted octanol–water partition coefficient (Wildman–Crippen LogP) is 1.71. The van der Waals surface area contributed by atoms with Crippen LogP contribution in [0.1, 0.15) is 53.9 Å². The lowest BCUT2D eigenvalue weighted by Crippen LogP contribution is -2.70. The molecule has 0 spiro atoms. The lowest BCUT2D eigenvalue weighted by atomic mass is 9.85. The Morgan fingerprint density at radius 3 is 2.30 bits per heavy atom. The van der Waals surface area contributed by atoms with Crippen molar-refractivity contribution < 1.29 is 14.3 Å². The van der Waals surface area contributed by atoms with Gasteiger partial charge in [-0.2, -0.15) is 0 Å². The fourth-order valence-electron chi connectivity index (χ4n) is 2.72. The second-order valence-corrected chi connectivity index (χ2v) is 6.14. The average Bonchev–Trinajstić information content (AvgIpc) is 2.41. The van der Waals surface area contributed by atoms with Crippen molar-refractivity contribution in [3.63, 3.8) is 0 Å². The molecule has 1 aliphatic rings. The summed E-state index contributed by atoms with van der Waals surface area (Å²) in [7, 11) is 1.67. The molecule has 1 rings (SSSR count). The van der Waals surface area contributed by atoms with E-state index >= 15 is 0 Å². The van der Waals surface area contributed by atoms with Crippen molar-refractivity contribution in [3.8, 4) is 0 Å². The number of rotatable bonds is 6. The van der Waals surface area contributed by atoms with Gasteiger partial charge < -0.3 is 15.0 Å². The van der Waals surface area contributed by atoms with E-state index in [0.717, 1.165) is 0 Å². The minimum Gasteiger partial charge on any atom is -0.379 e. The summed E-state index contributed by atoms with van der Waals surface area (Å²) in [5.74, 6) is -0.0370. The summed E-state index contributed by atoms with van der Waals surface area (Å²) in [6, 6.07) is -0.445. The summed E-state index contributed by atoms with van der Waals surface area (Å²) in [6.45, 7) is 10.2. The largest absolute Gasteiger partial charge is 0.379 e. The van der Waals surface area contributed by atoms with Crippen LogP contribution in [-0.4, -0.2) is 47.6 Å². The number of methoxy groups -OCH3 is 1. The molecule has 1 unspecified atom stereocenters. The van der Waals surface area contributed by atoms with Gasteiger partial charge in [0.2, 0.25) is 11.8 Å². The number of carbonyl (C=O) groups is 2. The van der Waals surface area contributed by atoms with Gasteiger partial charge in [0.25, 0.3) is 0 Å². The van der Waals surface area contributed by atoms with Crippen LogP contribution in [0.2, 0.25) is 0 Å². The van der Waals surface area contributed by atoms with Crippen LogP contribution in [0.3, 0.4) is 0 Å². The van der Waals surface area contributed by atoms with E-state index in [9.17, 15) is 9.59 Å². The number of hydrogen-bond acceptors (Lipinski definition) is 3. The Hall–Kier alpha value is -1.10. The van der Waals surface area contributed by atoms with Crippen molar-refractivity contribution in [3.05, 3.63) is 0 Å². The van der Waals surface area contributed by atoms with Gasteiger partial charge in [-0.15, -0.1) is 0 Å². The lowest BCUT2D eigenvalue weighted by molar-refractivity contribution is -0.158. The van der Waals surface area contributed by atoms with Crippen molar-refractivity contribution in [2.75, 3.05) is 13.7 Å². The Balaban J connectivity index is 3.01. The van der Waals surface area contributed by atoms with Crippen molar-refractivity contribution in [1.82, 2.24) is 10.2 Å². The molecule has 2 amide bonds. The molecule has 5 nitrogen and oxygen atoms in total. The fourth-order valence-corrected chi connectivity index (χ4v) is 2.72. The standard InChI is InChI=1S/C15H28N2O3/c1-7-15(8-2)13(19)16-11(3)12(18)17(15)10-9-14(4,5)20-6/h11H,7-10H2,1-6H3,(H,16,19). The maximum atomic E-state index is 12.5. The number of nitrogens with one attached hydrogen (secondary N) is 1. The first-order valence-electron chi connectivity index (χ1n) is 7.41. The summed E-state index contributed by atoms with van der Waals surface area (Å²) in [4.78, 5) is 26.6. The summed E-state index contributed by atoms with van der Waals surface area (Å²) >= 11 is 0. The molecular weight excluding hydrogens is 256 g/mol. The maximum absolute atomic E-state index is 12.5. The molecule has 1 atom stereocenters. The smallest absolute Gasteiger partial charge is 0.246 e. The zero-order valence-corrected chi connectivity index (χ0v) is 13.6. The van der Waals surface area contributed by atoms with Gasteiger partial charge in [-0.05, 0) is 40.0 Å². The highest BCUT2D eigenvalue weighted by Crippen LogP contribution is 2.30. The average molecular weight is 284 g/mol. The molecule has 0 aromatic carbocycles. The maximum Gasteiger partial charge on any atom is 0.246 e. The third kappa shape index (κ3) is 2.97. The molecule has 20 heavy (non-hydrogen) atoms. The van der Waals surface area contributed by atoms with Gasteiger partial charge in [0.05, 0.1) is 5.60 Å². The molecule has 1 heterocycles. The summed E-state index contributed by atoms with van der Waals surface area (Å²) in [5, 5.41) is 2.80. The zero-order chi connectivity index (χ0) is 15.6. The third-order valence-electron chi connectivity index (χ3n) is 4.58. The highest BCUT2D eigenvalue weighted by molar-refractivity contribution is 5.99. The van der Waals surface area contributed by atoms with Crippen molar-refractivity contribution in [2.24, 2.45) is 0 Å². The molecule has 0 aliphatic carbocycles. The second kappa shape index (κ2) is 6.12. The lowest BCUT2D eigenvalue weighted by Gasteiger charge is -2.47. The molecule has 116 valence electrons. The summed E-state index contributed by atoms with van der Waals surface area (Å²) in [5.41, 5.74) is -1.02. The van der Waals surface area contributed by atoms with Crippen LogP contribution < -0.4 is 5.32 Å². The van der Waals surface area contributed by atoms with Crippen LogP contribution in [0.15, 0.2) is 0 Å². The number of amides is 2. The van der Waals surface area contributed by atoms with Crippen LogP contribution >= 0.6 is 0 Å². The number of piperazine rings is 1. The Morgan fingerprint density at radius 2 is 1.85 bits per heavy atom. The monoisotopic (exact) mass is 284 g/mol. The molecule has 0 aromatic heterocycles. The number of carbonyl (C=O) groups excluding carboxylic acids is 2. The zero-order valence-electron chi connectivity index (χ0n) is 13.6. The van der Waals surface area contributed by atoms with E-state index in [1.54, 1.807) is 18.9 Å². The molecular formula is C15H28N2O3. The minimum absolute atomic E-state index is 0.000188. The van der Waals surface area contributed by atoms with Gasteiger partial charge in [-0.3, -0.25) is 9.59 Å². The topological polar surface area (TPSA) is 58.6 Å². The van der Waals surface area contributed by atoms with Crippen LogP contribution in [0.4, 0.5) is 0 Å². The molecule has 1 saturated heterocycles. The molecule has 0 saturated carbocycles. The van der Waals surface area contributed by atoms with Crippen LogP contribution in [0.5, 0.6) is 0 Å². The van der Waals surface area contributed by atoms with Crippen LogP contribution in [-0.2, 0) is 14.3 Å². The van der Waals surface area contributed by atoms with E-state index in [4.69, 9.17) is 4.74 Å². The van der Waals surface area contributed by atoms with Crippen molar-refractivity contribution in [2.45, 2.75) is 71.1 Å². The van der Waals surface area contributed by atoms with Gasteiger partial charge in [0.1, 0.15) is 11.6 Å². The van der Waals surface area contributed by atoms with Gasteiger partial charge >= 0.3 is 0 Å². The molecule has 0 bridgehead atoms. The van der Waals surface area contributed by atoms with E-state index < -0.39 is 11.6 Å². The molecule has 1 N–H and O–H groups in total. The summed E-state index contributed by atoms with van der Waals surface area (Å²) < 4.78 is 5.41. The van der Waals surface area contributed by atoms with Gasteiger partial charge in [0, 0.05) is 13.7 Å². The molecule has 1 fully saturated rings. The third-order valence-corrected chi connectivity index (χ3v) is 4.58. The second-order valence-electron chi connectivity index (χ2n) is 6.14. The number of nitrogens with zero attached hydrogens (tertiary/aromatic N) is 1. The van der Waals surface area contributed by atoms with E-state index in [0.29, 0.717) is 25.8 Å². The van der Waals surface area contributed by atoms with Crippen molar-refractivity contribution in [1.29, 1.82) is 0 Å². The van der Waals surface area contributed by atoms with Gasteiger partial charge in [0.15, 0.2) is 0 Å². The van der Waals surface area contributed by atoms with E-state index in [-0.39, 0.29) is 17.4 Å². The SMILES string of the molecule is CCC1(CC)C(=O)NC(C)C(=O)N1CCC(C)(C)OC. The normalized spacial score (nSPS) is 22.9. The van der Waals surface area contributed by atoms with Crippen LogP contribution in [0.25, 0.3) is 0 Å². The first-order chi connectivity index (χ1) is 9.24. The fraction of sp³-hybridized carbons (Fsp3) is 0.867. The predicted molar refractivity (Wildman–Crippen MR) is 78.3 cm³/mol. The highest BCUT2D eigenvalue weighted by atomic mass is 16.5. The Labute approximate surface area is 122 Å². The quantitative estimate of drug-likeness (QED) is 0.808. The minimum atomic E-state index is -0.715. The molecule has 0 radical (unpaired) electrons. The van der Waals surface area contributed by atoms with E-state index in [1.807, 2.05) is 27.7 Å². The highest BCUT2D eigenvalue weighted by Gasteiger charge is 2.49. The van der Waals surface area contributed by atoms with E-state index in [1.165, 1.54) is 0 Å². The Kier molecular flexibility index (Phi) is 5.19. The molecule has 0 aromatic rings. The molecule has 1 aliphatic heterocycles.